The van der Waals surface area contributed by atoms with Gasteiger partial charge >= 0.3 is 5.91 Å². The van der Waals surface area contributed by atoms with E-state index in [1.807, 2.05) is 41.3 Å². The Kier molecular flexibility index (Phi) is 2.87. The van der Waals surface area contributed by atoms with Crippen molar-refractivity contribution >= 4 is 17.5 Å². The molecule has 4 bridgehead atoms. The standard InChI is InChI=1S/C18H17N2O2/c21-17-14-5-4-6-15(13-14)18(22)20(11-9-19(17)10-12-20)16-7-2-1-3-8-16/h1-8,13H,9-12H2/q+1. The van der Waals surface area contributed by atoms with Crippen LogP contribution in [-0.4, -0.2) is 42.9 Å². The third kappa shape index (κ3) is 1.81. The number of benzene rings is 2. The summed E-state index contributed by atoms with van der Waals surface area (Å²) in [6.45, 7) is 2.48. The molecule has 2 amide bonds. The maximum Gasteiger partial charge on any atom is 0.351 e. The number of amides is 2. The van der Waals surface area contributed by atoms with E-state index in [2.05, 4.69) is 0 Å². The lowest BCUT2D eigenvalue weighted by molar-refractivity contribution is 0.0554. The molecule has 0 atom stereocenters. The van der Waals surface area contributed by atoms with Gasteiger partial charge in [-0.1, -0.05) is 24.3 Å². The Morgan fingerprint density at radius 3 is 2.23 bits per heavy atom. The monoisotopic (exact) mass is 293 g/mol. The first-order valence-corrected chi connectivity index (χ1v) is 7.58. The summed E-state index contributed by atoms with van der Waals surface area (Å²) in [5.74, 6) is 0.116. The predicted molar refractivity (Wildman–Crippen MR) is 84.6 cm³/mol. The van der Waals surface area contributed by atoms with Gasteiger partial charge in [-0.25, -0.2) is 9.28 Å². The van der Waals surface area contributed by atoms with Crippen LogP contribution in [0.2, 0.25) is 0 Å². The Hall–Kier alpha value is -2.46. The number of carbonyl (C=O) groups excluding carboxylic acids is 2. The molecular formula is C18H17N2O2+. The fourth-order valence-corrected chi connectivity index (χ4v) is 3.52. The van der Waals surface area contributed by atoms with Gasteiger partial charge < -0.3 is 4.90 Å². The minimum Gasteiger partial charge on any atom is -0.327 e. The first-order chi connectivity index (χ1) is 10.7. The average molecular weight is 293 g/mol. The van der Waals surface area contributed by atoms with E-state index in [4.69, 9.17) is 0 Å². The van der Waals surface area contributed by atoms with Crippen molar-refractivity contribution in [1.29, 1.82) is 0 Å². The molecule has 1 saturated heterocycles. The van der Waals surface area contributed by atoms with Gasteiger partial charge in [0, 0.05) is 5.56 Å². The number of fused-ring (bicyclic) bond motifs is 2. The van der Waals surface area contributed by atoms with E-state index in [-0.39, 0.29) is 11.8 Å². The highest BCUT2D eigenvalue weighted by molar-refractivity contribution is 6.05. The second kappa shape index (κ2) is 4.78. The molecule has 0 saturated carbocycles. The van der Waals surface area contributed by atoms with E-state index >= 15 is 0 Å². The number of hydrogen-bond acceptors (Lipinski definition) is 2. The molecule has 2 aromatic rings. The van der Waals surface area contributed by atoms with Gasteiger partial charge in [-0.3, -0.25) is 4.79 Å². The van der Waals surface area contributed by atoms with Crippen LogP contribution in [0, 0.1) is 0 Å². The van der Waals surface area contributed by atoms with Crippen molar-refractivity contribution in [3.8, 4) is 0 Å². The van der Waals surface area contributed by atoms with Gasteiger partial charge in [0.25, 0.3) is 5.91 Å². The topological polar surface area (TPSA) is 37.4 Å². The summed E-state index contributed by atoms with van der Waals surface area (Å²) in [5.41, 5.74) is 2.24. The molecule has 22 heavy (non-hydrogen) atoms. The molecule has 2 aromatic carbocycles. The molecule has 0 spiro atoms. The fraction of sp³-hybridized carbons (Fsp3) is 0.222. The van der Waals surface area contributed by atoms with Crippen molar-refractivity contribution in [1.82, 2.24) is 9.38 Å². The molecule has 3 heterocycles. The highest BCUT2D eigenvalue weighted by Gasteiger charge is 2.45. The summed E-state index contributed by atoms with van der Waals surface area (Å²) >= 11 is 0. The highest BCUT2D eigenvalue weighted by atomic mass is 16.2. The van der Waals surface area contributed by atoms with Crippen LogP contribution in [0.5, 0.6) is 0 Å². The van der Waals surface area contributed by atoms with Crippen molar-refractivity contribution in [3.05, 3.63) is 65.7 Å². The SMILES string of the molecule is O=C1c2cccc(c2)C(=O)[N+]2(c3ccccc3)CCN1CC2. The lowest BCUT2D eigenvalue weighted by atomic mass is 10.1. The summed E-state index contributed by atoms with van der Waals surface area (Å²) in [6, 6.07) is 17.1. The lowest BCUT2D eigenvalue weighted by Crippen LogP contribution is -2.64. The lowest BCUT2D eigenvalue weighted by Gasteiger charge is -2.41. The number of para-hydroxylation sites is 1. The fourth-order valence-electron chi connectivity index (χ4n) is 3.52. The zero-order chi connectivity index (χ0) is 15.2. The van der Waals surface area contributed by atoms with Gasteiger partial charge in [0.1, 0.15) is 18.8 Å². The molecule has 0 unspecified atom stereocenters. The van der Waals surface area contributed by atoms with Gasteiger partial charge in [0.15, 0.2) is 0 Å². The van der Waals surface area contributed by atoms with Gasteiger partial charge in [-0.2, -0.15) is 0 Å². The molecule has 0 radical (unpaired) electrons. The summed E-state index contributed by atoms with van der Waals surface area (Å²) in [5, 5.41) is 0. The largest absolute Gasteiger partial charge is 0.351 e. The van der Waals surface area contributed by atoms with Crippen molar-refractivity contribution in [2.24, 2.45) is 0 Å². The number of carbonyl (C=O) groups is 2. The molecule has 1 fully saturated rings. The molecular weight excluding hydrogens is 276 g/mol. The van der Waals surface area contributed by atoms with Gasteiger partial charge in [-0.05, 0) is 30.3 Å². The Balaban J connectivity index is 1.92. The molecule has 3 aliphatic heterocycles. The van der Waals surface area contributed by atoms with Gasteiger partial charge in [0.05, 0.1) is 18.7 Å². The Labute approximate surface area is 129 Å². The second-order valence-electron chi connectivity index (χ2n) is 5.93. The average Bonchev–Trinajstić information content (AvgIpc) is 2.64. The van der Waals surface area contributed by atoms with E-state index in [9.17, 15) is 9.59 Å². The molecule has 0 aliphatic carbocycles. The van der Waals surface area contributed by atoms with Crippen LogP contribution in [0.25, 0.3) is 0 Å². The molecule has 5 rings (SSSR count). The zero-order valence-electron chi connectivity index (χ0n) is 12.2. The van der Waals surface area contributed by atoms with E-state index in [1.54, 1.807) is 18.2 Å². The van der Waals surface area contributed by atoms with E-state index < -0.39 is 0 Å². The van der Waals surface area contributed by atoms with Gasteiger partial charge in [0.2, 0.25) is 0 Å². The van der Waals surface area contributed by atoms with E-state index in [1.165, 1.54) is 0 Å². The first kappa shape index (κ1) is 13.2. The maximum atomic E-state index is 13.2. The van der Waals surface area contributed by atoms with E-state index in [0.29, 0.717) is 41.8 Å². The third-order valence-electron chi connectivity index (χ3n) is 4.79. The normalized spacial score (nSPS) is 19.5. The van der Waals surface area contributed by atoms with Gasteiger partial charge in [-0.15, -0.1) is 0 Å². The molecule has 110 valence electrons. The van der Waals surface area contributed by atoms with Crippen LogP contribution < -0.4 is 4.48 Å². The first-order valence-electron chi connectivity index (χ1n) is 7.58. The summed E-state index contributed by atoms with van der Waals surface area (Å²) < 4.78 is 0.300. The zero-order valence-corrected chi connectivity index (χ0v) is 12.2. The number of quaternary nitrogens is 1. The van der Waals surface area contributed by atoms with Crippen LogP contribution in [0.3, 0.4) is 0 Å². The molecule has 0 N–H and O–H groups in total. The number of nitrogens with zero attached hydrogens (tertiary/aromatic N) is 2. The minimum atomic E-state index is 0.0300. The molecule has 3 aliphatic rings. The summed E-state index contributed by atoms with van der Waals surface area (Å²) in [4.78, 5) is 27.6. The van der Waals surface area contributed by atoms with Crippen LogP contribution in [0.1, 0.15) is 20.7 Å². The van der Waals surface area contributed by atoms with Crippen molar-refractivity contribution < 1.29 is 9.59 Å². The summed E-state index contributed by atoms with van der Waals surface area (Å²) in [7, 11) is 0. The Morgan fingerprint density at radius 1 is 0.818 bits per heavy atom. The Bertz CT molecular complexity index is 747. The van der Waals surface area contributed by atoms with Crippen LogP contribution >= 0.6 is 0 Å². The van der Waals surface area contributed by atoms with Crippen LogP contribution in [0.15, 0.2) is 54.6 Å². The van der Waals surface area contributed by atoms with Crippen LogP contribution in [-0.2, 0) is 0 Å². The van der Waals surface area contributed by atoms with Crippen molar-refractivity contribution in [2.45, 2.75) is 0 Å². The third-order valence-corrected chi connectivity index (χ3v) is 4.79. The molecule has 4 heteroatoms. The van der Waals surface area contributed by atoms with Crippen molar-refractivity contribution in [3.63, 3.8) is 0 Å². The quantitative estimate of drug-likeness (QED) is 0.757. The smallest absolute Gasteiger partial charge is 0.327 e. The predicted octanol–water partition coefficient (Wildman–Crippen LogP) is 2.30. The second-order valence-corrected chi connectivity index (χ2v) is 5.93. The number of piperazine rings is 1. The number of rotatable bonds is 1. The van der Waals surface area contributed by atoms with Crippen molar-refractivity contribution in [2.75, 3.05) is 26.2 Å². The minimum absolute atomic E-state index is 0.0300. The maximum absolute atomic E-state index is 13.2. The molecule has 0 aromatic heterocycles. The highest BCUT2D eigenvalue weighted by Crippen LogP contribution is 2.30. The van der Waals surface area contributed by atoms with E-state index in [0.717, 1.165) is 5.69 Å². The summed E-state index contributed by atoms with van der Waals surface area (Å²) in [6.07, 6.45) is 0. The Morgan fingerprint density at radius 2 is 1.50 bits per heavy atom. The number of hydrogen-bond donors (Lipinski definition) is 0. The van der Waals surface area contributed by atoms with Crippen LogP contribution in [0.4, 0.5) is 5.69 Å². The molecule has 4 nitrogen and oxygen atoms in total.